The molecule has 1 aromatic carbocycles. The lowest BCUT2D eigenvalue weighted by Crippen LogP contribution is -2.47. The fraction of sp³-hybridized carbons (Fsp3) is 0.296. The Bertz CT molecular complexity index is 1270. The molecule has 3 aromatic rings. The molecule has 34 heavy (non-hydrogen) atoms. The van der Waals surface area contributed by atoms with Gasteiger partial charge in [0, 0.05) is 66.7 Å². The third-order valence-corrected chi connectivity index (χ3v) is 7.15. The molecule has 1 aliphatic rings. The van der Waals surface area contributed by atoms with Gasteiger partial charge >= 0.3 is 0 Å². The summed E-state index contributed by atoms with van der Waals surface area (Å²) >= 11 is 1.61. The van der Waals surface area contributed by atoms with Gasteiger partial charge in [-0.3, -0.25) is 19.6 Å². The summed E-state index contributed by atoms with van der Waals surface area (Å²) in [5, 5.41) is 6.57. The van der Waals surface area contributed by atoms with Crippen LogP contribution < -0.4 is 0 Å². The molecule has 3 heterocycles. The van der Waals surface area contributed by atoms with E-state index < -0.39 is 0 Å². The highest BCUT2D eigenvalue weighted by Crippen LogP contribution is 2.29. The topological polar surface area (TPSA) is 49.6 Å². The monoisotopic (exact) mass is 472 g/mol. The Labute approximate surface area is 206 Å². The minimum absolute atomic E-state index is 0.467. The first kappa shape index (κ1) is 24.0. The molecule has 0 N–H and O–H groups in total. The van der Waals surface area contributed by atoms with Crippen molar-refractivity contribution in [2.45, 2.75) is 24.8 Å². The van der Waals surface area contributed by atoms with Gasteiger partial charge in [-0.05, 0) is 43.8 Å². The van der Waals surface area contributed by atoms with Crippen molar-refractivity contribution in [1.82, 2.24) is 24.6 Å². The predicted octanol–water partition coefficient (Wildman–Crippen LogP) is 5.63. The molecule has 0 unspecified atom stereocenters. The fourth-order valence-electron chi connectivity index (χ4n) is 3.83. The zero-order valence-corrected chi connectivity index (χ0v) is 21.2. The van der Waals surface area contributed by atoms with Crippen molar-refractivity contribution < 1.29 is 0 Å². The van der Waals surface area contributed by atoms with Crippen molar-refractivity contribution in [3.8, 4) is 11.1 Å². The molecular weight excluding hydrogens is 440 g/mol. The number of hydrogen-bond donors (Lipinski definition) is 0. The summed E-state index contributed by atoms with van der Waals surface area (Å²) in [5.74, 6) is 0. The molecule has 0 bridgehead atoms. The maximum absolute atomic E-state index is 4.69. The second-order valence-corrected chi connectivity index (χ2v) is 9.67. The SMILES string of the molecule is C=C(C)/C=C\C(=C)N(C)C(=NC)Sc1ccc2ncc(-c3cnn(C4CN(CC)C4)c3)cc2c1. The molecule has 0 amide bonds. The fourth-order valence-corrected chi connectivity index (χ4v) is 4.71. The summed E-state index contributed by atoms with van der Waals surface area (Å²) in [4.78, 5) is 14.7. The lowest BCUT2D eigenvalue weighted by atomic mass is 10.1. The van der Waals surface area contributed by atoms with Crippen molar-refractivity contribution in [3.63, 3.8) is 0 Å². The molecule has 2 aromatic heterocycles. The van der Waals surface area contributed by atoms with Crippen molar-refractivity contribution >= 4 is 27.8 Å². The average molecular weight is 473 g/mol. The molecule has 0 aliphatic carbocycles. The van der Waals surface area contributed by atoms with E-state index in [0.29, 0.717) is 6.04 Å². The van der Waals surface area contributed by atoms with E-state index in [1.54, 1.807) is 18.8 Å². The van der Waals surface area contributed by atoms with Crippen LogP contribution >= 0.6 is 11.8 Å². The minimum atomic E-state index is 0.467. The molecule has 4 rings (SSSR count). The zero-order valence-electron chi connectivity index (χ0n) is 20.4. The molecule has 6 nitrogen and oxygen atoms in total. The van der Waals surface area contributed by atoms with Crippen LogP contribution in [0.3, 0.4) is 0 Å². The molecule has 7 heteroatoms. The zero-order chi connectivity index (χ0) is 24.2. The molecular formula is C27H32N6S. The number of thioether (sulfide) groups is 1. The minimum Gasteiger partial charge on any atom is -0.325 e. The van der Waals surface area contributed by atoms with Gasteiger partial charge in [0.15, 0.2) is 5.17 Å². The van der Waals surface area contributed by atoms with Crippen molar-refractivity contribution in [2.24, 2.45) is 4.99 Å². The predicted molar refractivity (Wildman–Crippen MR) is 144 cm³/mol. The summed E-state index contributed by atoms with van der Waals surface area (Å²) in [6.07, 6.45) is 9.92. The van der Waals surface area contributed by atoms with Crippen LogP contribution in [0.2, 0.25) is 0 Å². The number of hydrogen-bond acceptors (Lipinski definition) is 5. The van der Waals surface area contributed by atoms with E-state index in [0.717, 1.165) is 63.0 Å². The van der Waals surface area contributed by atoms with E-state index in [9.17, 15) is 0 Å². The Morgan fingerprint density at radius 1 is 1.21 bits per heavy atom. The number of benzene rings is 1. The number of aromatic nitrogens is 3. The number of nitrogens with zero attached hydrogens (tertiary/aromatic N) is 6. The number of likely N-dealkylation sites (N-methyl/N-ethyl adjacent to an activating group) is 2. The summed E-state index contributed by atoms with van der Waals surface area (Å²) in [7, 11) is 3.77. The van der Waals surface area contributed by atoms with E-state index >= 15 is 0 Å². The summed E-state index contributed by atoms with van der Waals surface area (Å²) in [5.41, 5.74) is 4.98. The normalized spacial score (nSPS) is 15.1. The Hall–Kier alpha value is -3.16. The lowest BCUT2D eigenvalue weighted by Gasteiger charge is -2.38. The smallest absolute Gasteiger partial charge is 0.168 e. The Morgan fingerprint density at radius 2 is 2.00 bits per heavy atom. The van der Waals surface area contributed by atoms with Crippen LogP contribution in [0, 0.1) is 0 Å². The summed E-state index contributed by atoms with van der Waals surface area (Å²) in [6, 6.07) is 8.96. The Balaban J connectivity index is 1.52. The molecule has 0 saturated carbocycles. The molecule has 0 radical (unpaired) electrons. The first-order valence-electron chi connectivity index (χ1n) is 11.5. The average Bonchev–Trinajstić information content (AvgIpc) is 3.29. The Kier molecular flexibility index (Phi) is 7.34. The van der Waals surface area contributed by atoms with Crippen LogP contribution in [0.4, 0.5) is 0 Å². The van der Waals surface area contributed by atoms with Crippen LogP contribution in [0.25, 0.3) is 22.0 Å². The van der Waals surface area contributed by atoms with Crippen molar-refractivity contribution in [2.75, 3.05) is 33.7 Å². The largest absolute Gasteiger partial charge is 0.325 e. The van der Waals surface area contributed by atoms with Gasteiger partial charge < -0.3 is 4.90 Å². The third kappa shape index (κ3) is 5.32. The molecule has 176 valence electrons. The molecule has 0 spiro atoms. The highest BCUT2D eigenvalue weighted by Gasteiger charge is 2.27. The van der Waals surface area contributed by atoms with Crippen LogP contribution in [-0.2, 0) is 0 Å². The number of rotatable bonds is 7. The number of likely N-dealkylation sites (tertiary alicyclic amines) is 1. The molecule has 0 atom stereocenters. The van der Waals surface area contributed by atoms with Crippen LogP contribution in [-0.4, -0.2) is 63.5 Å². The van der Waals surface area contributed by atoms with Crippen molar-refractivity contribution in [1.29, 1.82) is 0 Å². The second-order valence-electron chi connectivity index (χ2n) is 8.63. The van der Waals surface area contributed by atoms with Crippen molar-refractivity contribution in [3.05, 3.63) is 79.4 Å². The number of pyridine rings is 1. The standard InChI is InChI=1S/C27H32N6S/c1-7-32-17-24(18-32)33-16-23(15-30-33)22-12-21-13-25(10-11-26(21)29-14-22)34-27(28-5)31(6)20(4)9-8-19(2)3/h8-16,24H,2,4,7,17-18H2,1,3,5-6H3/b9-8-,28-27?. The summed E-state index contributed by atoms with van der Waals surface area (Å²) < 4.78 is 2.09. The van der Waals surface area contributed by atoms with E-state index in [2.05, 4.69) is 75.2 Å². The van der Waals surface area contributed by atoms with E-state index in [-0.39, 0.29) is 0 Å². The van der Waals surface area contributed by atoms with Gasteiger partial charge in [-0.25, -0.2) is 0 Å². The quantitative estimate of drug-likeness (QED) is 0.193. The molecule has 1 fully saturated rings. The maximum Gasteiger partial charge on any atom is 0.168 e. The van der Waals surface area contributed by atoms with Gasteiger partial charge in [0.2, 0.25) is 0 Å². The maximum atomic E-state index is 4.69. The van der Waals surface area contributed by atoms with Crippen LogP contribution in [0.1, 0.15) is 19.9 Å². The van der Waals surface area contributed by atoms with Crippen LogP contribution in [0.5, 0.6) is 0 Å². The number of fused-ring (bicyclic) bond motifs is 1. The van der Waals surface area contributed by atoms with Gasteiger partial charge in [-0.2, -0.15) is 5.10 Å². The lowest BCUT2D eigenvalue weighted by molar-refractivity contribution is 0.105. The van der Waals surface area contributed by atoms with E-state index in [1.807, 2.05) is 43.4 Å². The van der Waals surface area contributed by atoms with E-state index in [4.69, 9.17) is 0 Å². The van der Waals surface area contributed by atoms with Gasteiger partial charge in [-0.15, -0.1) is 0 Å². The Morgan fingerprint density at radius 3 is 2.71 bits per heavy atom. The van der Waals surface area contributed by atoms with Gasteiger partial charge in [0.05, 0.1) is 17.8 Å². The highest BCUT2D eigenvalue weighted by atomic mass is 32.2. The van der Waals surface area contributed by atoms with Crippen LogP contribution in [0.15, 0.2) is 89.3 Å². The molecule has 1 saturated heterocycles. The summed E-state index contributed by atoms with van der Waals surface area (Å²) in [6.45, 7) is 15.4. The molecule has 1 aliphatic heterocycles. The first-order valence-corrected chi connectivity index (χ1v) is 12.3. The number of aliphatic imine (C=N–C) groups is 1. The van der Waals surface area contributed by atoms with Gasteiger partial charge in [-0.1, -0.05) is 43.5 Å². The van der Waals surface area contributed by atoms with E-state index in [1.165, 1.54) is 0 Å². The number of allylic oxidation sites excluding steroid dienone is 3. The van der Waals surface area contributed by atoms with Gasteiger partial charge in [0.1, 0.15) is 0 Å². The second kappa shape index (κ2) is 10.4. The number of amidine groups is 1. The third-order valence-electron chi connectivity index (χ3n) is 6.03. The van der Waals surface area contributed by atoms with Gasteiger partial charge in [0.25, 0.3) is 0 Å². The highest BCUT2D eigenvalue weighted by molar-refractivity contribution is 8.13. The first-order chi connectivity index (χ1) is 16.4.